The first-order valence-corrected chi connectivity index (χ1v) is 4.82. The van der Waals surface area contributed by atoms with Crippen LogP contribution in [0.2, 0.25) is 5.02 Å². The van der Waals surface area contributed by atoms with Crippen molar-refractivity contribution in [3.05, 3.63) is 22.7 Å². The molecule has 0 aliphatic rings. The smallest absolute Gasteiger partial charge is 0.387 e. The number of ether oxygens (including phenoxy) is 2. The van der Waals surface area contributed by atoms with Gasteiger partial charge in [0.25, 0.3) is 0 Å². The van der Waals surface area contributed by atoms with Crippen LogP contribution in [0.3, 0.4) is 0 Å². The topological polar surface area (TPSA) is 35.5 Å². The van der Waals surface area contributed by atoms with Crippen molar-refractivity contribution < 1.29 is 23.0 Å². The fourth-order valence-corrected chi connectivity index (χ4v) is 1.37. The zero-order valence-electron chi connectivity index (χ0n) is 8.38. The third-order valence-electron chi connectivity index (χ3n) is 1.68. The highest BCUT2D eigenvalue weighted by Crippen LogP contribution is 2.35. The van der Waals surface area contributed by atoms with Crippen LogP contribution in [0.5, 0.6) is 11.5 Å². The SMILES string of the molecule is CCOc1cc(Cl)cc(C=O)c1OC(F)F. The van der Waals surface area contributed by atoms with E-state index in [4.69, 9.17) is 16.3 Å². The minimum absolute atomic E-state index is 0.0254. The molecule has 0 unspecified atom stereocenters. The Morgan fingerprint density at radius 1 is 1.50 bits per heavy atom. The molecule has 1 aromatic rings. The van der Waals surface area contributed by atoms with Crippen LogP contribution in [-0.4, -0.2) is 19.5 Å². The van der Waals surface area contributed by atoms with Gasteiger partial charge in [0.15, 0.2) is 17.8 Å². The number of carbonyl (C=O) groups excluding carboxylic acids is 1. The summed E-state index contributed by atoms with van der Waals surface area (Å²) < 4.78 is 33.5. The molecule has 0 aliphatic heterocycles. The second kappa shape index (κ2) is 5.65. The van der Waals surface area contributed by atoms with E-state index in [2.05, 4.69) is 4.74 Å². The van der Waals surface area contributed by atoms with Gasteiger partial charge >= 0.3 is 6.61 Å². The van der Waals surface area contributed by atoms with Gasteiger partial charge in [0.1, 0.15) is 0 Å². The maximum absolute atomic E-state index is 12.1. The largest absolute Gasteiger partial charge is 0.490 e. The Labute approximate surface area is 95.9 Å². The third kappa shape index (κ3) is 3.06. The molecule has 0 radical (unpaired) electrons. The molecule has 0 bridgehead atoms. The molecular formula is C10H9ClF2O3. The summed E-state index contributed by atoms with van der Waals surface area (Å²) in [4.78, 5) is 10.7. The van der Waals surface area contributed by atoms with Crippen molar-refractivity contribution in [2.24, 2.45) is 0 Å². The first kappa shape index (κ1) is 12.7. The number of hydrogen-bond donors (Lipinski definition) is 0. The van der Waals surface area contributed by atoms with E-state index in [1.54, 1.807) is 6.92 Å². The van der Waals surface area contributed by atoms with Gasteiger partial charge in [-0.1, -0.05) is 11.6 Å². The lowest BCUT2D eigenvalue weighted by atomic mass is 10.2. The Hall–Kier alpha value is -1.36. The first-order chi connectivity index (χ1) is 7.58. The molecule has 1 rings (SSSR count). The van der Waals surface area contributed by atoms with Crippen molar-refractivity contribution in [1.82, 2.24) is 0 Å². The van der Waals surface area contributed by atoms with Crippen molar-refractivity contribution in [2.75, 3.05) is 6.61 Å². The number of benzene rings is 1. The molecule has 0 N–H and O–H groups in total. The maximum atomic E-state index is 12.1. The number of aldehydes is 1. The number of halogens is 3. The number of hydrogen-bond acceptors (Lipinski definition) is 3. The van der Waals surface area contributed by atoms with Gasteiger partial charge in [-0.3, -0.25) is 4.79 Å². The summed E-state index contributed by atoms with van der Waals surface area (Å²) in [6.45, 7) is -1.11. The van der Waals surface area contributed by atoms with Crippen LogP contribution in [0.1, 0.15) is 17.3 Å². The highest BCUT2D eigenvalue weighted by Gasteiger charge is 2.16. The Balaban J connectivity index is 3.21. The maximum Gasteiger partial charge on any atom is 0.387 e. The molecule has 88 valence electrons. The van der Waals surface area contributed by atoms with Gasteiger partial charge < -0.3 is 9.47 Å². The van der Waals surface area contributed by atoms with Crippen molar-refractivity contribution in [2.45, 2.75) is 13.5 Å². The van der Waals surface area contributed by atoms with Crippen LogP contribution in [0.25, 0.3) is 0 Å². The second-order valence-corrected chi connectivity index (χ2v) is 3.19. The summed E-state index contributed by atoms with van der Waals surface area (Å²) >= 11 is 5.69. The van der Waals surface area contributed by atoms with E-state index in [-0.39, 0.29) is 28.7 Å². The summed E-state index contributed by atoms with van der Waals surface area (Å²) in [5.74, 6) is -0.270. The highest BCUT2D eigenvalue weighted by molar-refractivity contribution is 6.31. The molecule has 0 fully saturated rings. The molecular weight excluding hydrogens is 242 g/mol. The van der Waals surface area contributed by atoms with Gasteiger partial charge in [-0.2, -0.15) is 8.78 Å². The van der Waals surface area contributed by atoms with Gasteiger partial charge in [-0.25, -0.2) is 0 Å². The lowest BCUT2D eigenvalue weighted by molar-refractivity contribution is -0.0516. The molecule has 0 spiro atoms. The molecule has 3 nitrogen and oxygen atoms in total. The number of carbonyl (C=O) groups is 1. The van der Waals surface area contributed by atoms with Crippen molar-refractivity contribution >= 4 is 17.9 Å². The van der Waals surface area contributed by atoms with Crippen LogP contribution in [0.4, 0.5) is 8.78 Å². The van der Waals surface area contributed by atoms with Crippen LogP contribution in [-0.2, 0) is 0 Å². The highest BCUT2D eigenvalue weighted by atomic mass is 35.5. The predicted molar refractivity (Wildman–Crippen MR) is 54.6 cm³/mol. The average Bonchev–Trinajstić information content (AvgIpc) is 2.21. The van der Waals surface area contributed by atoms with Crippen LogP contribution >= 0.6 is 11.6 Å². The summed E-state index contributed by atoms with van der Waals surface area (Å²) in [5.41, 5.74) is -0.0729. The molecule has 0 aliphatic carbocycles. The quantitative estimate of drug-likeness (QED) is 0.753. The van der Waals surface area contributed by atoms with Crippen LogP contribution in [0, 0.1) is 0 Å². The van der Waals surface area contributed by atoms with Gasteiger partial charge in [0.2, 0.25) is 0 Å². The number of alkyl halides is 2. The molecule has 16 heavy (non-hydrogen) atoms. The number of rotatable bonds is 5. The van der Waals surface area contributed by atoms with E-state index < -0.39 is 6.61 Å². The Bertz CT molecular complexity index is 383. The summed E-state index contributed by atoms with van der Waals surface area (Å²) in [7, 11) is 0. The minimum atomic E-state index is -3.03. The van der Waals surface area contributed by atoms with Crippen molar-refractivity contribution in [3.8, 4) is 11.5 Å². The van der Waals surface area contributed by atoms with Gasteiger partial charge in [0, 0.05) is 11.1 Å². The monoisotopic (exact) mass is 250 g/mol. The molecule has 1 aromatic carbocycles. The molecule has 0 saturated carbocycles. The zero-order chi connectivity index (χ0) is 12.1. The predicted octanol–water partition coefficient (Wildman–Crippen LogP) is 3.15. The lowest BCUT2D eigenvalue weighted by Gasteiger charge is -2.13. The fraction of sp³-hybridized carbons (Fsp3) is 0.300. The van der Waals surface area contributed by atoms with E-state index in [0.29, 0.717) is 6.29 Å². The zero-order valence-corrected chi connectivity index (χ0v) is 9.13. The Kier molecular flexibility index (Phi) is 4.49. The standard InChI is InChI=1S/C10H9ClF2O3/c1-2-15-8-4-7(11)3-6(5-14)9(8)16-10(12)13/h3-5,10H,2H2,1H3. The average molecular weight is 251 g/mol. The molecule has 0 saturated heterocycles. The van der Waals surface area contributed by atoms with Crippen LogP contribution < -0.4 is 9.47 Å². The van der Waals surface area contributed by atoms with Gasteiger partial charge in [0.05, 0.1) is 12.2 Å². The molecule has 0 atom stereocenters. The molecule has 6 heteroatoms. The van der Waals surface area contributed by atoms with E-state index in [0.717, 1.165) is 0 Å². The molecule has 0 amide bonds. The third-order valence-corrected chi connectivity index (χ3v) is 1.90. The molecule has 0 aromatic heterocycles. The summed E-state index contributed by atoms with van der Waals surface area (Å²) in [6, 6.07) is 2.55. The molecule has 0 heterocycles. The fourth-order valence-electron chi connectivity index (χ4n) is 1.15. The van der Waals surface area contributed by atoms with E-state index in [1.807, 2.05) is 0 Å². The van der Waals surface area contributed by atoms with Crippen LogP contribution in [0.15, 0.2) is 12.1 Å². The van der Waals surface area contributed by atoms with Gasteiger partial charge in [-0.05, 0) is 13.0 Å². The van der Waals surface area contributed by atoms with Gasteiger partial charge in [-0.15, -0.1) is 0 Å². The van der Waals surface area contributed by atoms with Crippen molar-refractivity contribution in [1.29, 1.82) is 0 Å². The van der Waals surface area contributed by atoms with E-state index >= 15 is 0 Å². The van der Waals surface area contributed by atoms with E-state index in [9.17, 15) is 13.6 Å². The Morgan fingerprint density at radius 3 is 2.69 bits per heavy atom. The minimum Gasteiger partial charge on any atom is -0.490 e. The second-order valence-electron chi connectivity index (χ2n) is 2.75. The lowest BCUT2D eigenvalue weighted by Crippen LogP contribution is -2.07. The normalized spacial score (nSPS) is 10.3. The summed E-state index contributed by atoms with van der Waals surface area (Å²) in [6.07, 6.45) is 0.381. The summed E-state index contributed by atoms with van der Waals surface area (Å²) in [5, 5.41) is 0.215. The first-order valence-electron chi connectivity index (χ1n) is 4.44. The Morgan fingerprint density at radius 2 is 2.19 bits per heavy atom. The van der Waals surface area contributed by atoms with Crippen molar-refractivity contribution in [3.63, 3.8) is 0 Å². The van der Waals surface area contributed by atoms with E-state index in [1.165, 1.54) is 12.1 Å².